The Bertz CT molecular complexity index is 410. The van der Waals surface area contributed by atoms with Crippen LogP contribution in [0.15, 0.2) is 18.2 Å². The number of carbonyl (C=O) groups excluding carboxylic acids is 1. The van der Waals surface area contributed by atoms with Gasteiger partial charge in [0, 0.05) is 6.07 Å². The summed E-state index contributed by atoms with van der Waals surface area (Å²) in [6, 6.07) is 4.37. The molecule has 1 atom stereocenters. The first kappa shape index (κ1) is 13.8. The van der Waals surface area contributed by atoms with Crippen LogP contribution in [0, 0.1) is 0 Å². The minimum Gasteiger partial charge on any atom is -0.497 e. The van der Waals surface area contributed by atoms with E-state index in [1.807, 2.05) is 0 Å². The molecule has 0 bridgehead atoms. The first-order valence-corrected chi connectivity index (χ1v) is 5.25. The molecule has 1 unspecified atom stereocenters. The molecule has 0 fully saturated rings. The molecule has 1 aromatic rings. The summed E-state index contributed by atoms with van der Waals surface area (Å²) in [5.41, 5.74) is 0.612. The van der Waals surface area contributed by atoms with E-state index < -0.39 is 12.0 Å². The predicted molar refractivity (Wildman–Crippen MR) is 63.7 cm³/mol. The van der Waals surface area contributed by atoms with Crippen molar-refractivity contribution in [1.82, 2.24) is 5.32 Å². The van der Waals surface area contributed by atoms with E-state index in [4.69, 9.17) is 14.6 Å². The highest BCUT2D eigenvalue weighted by molar-refractivity contribution is 5.68. The molecule has 1 amide bonds. The molecule has 0 aliphatic carbocycles. The summed E-state index contributed by atoms with van der Waals surface area (Å²) >= 11 is 0. The third-order valence-electron chi connectivity index (χ3n) is 2.42. The Balaban J connectivity index is 3.08. The van der Waals surface area contributed by atoms with E-state index in [1.165, 1.54) is 14.2 Å². The lowest BCUT2D eigenvalue weighted by Crippen LogP contribution is -2.22. The number of hydrogen-bond donors (Lipinski definition) is 2. The van der Waals surface area contributed by atoms with Gasteiger partial charge in [-0.25, -0.2) is 0 Å². The second-order valence-electron chi connectivity index (χ2n) is 3.58. The van der Waals surface area contributed by atoms with Gasteiger partial charge in [-0.15, -0.1) is 0 Å². The molecule has 18 heavy (non-hydrogen) atoms. The highest BCUT2D eigenvalue weighted by Gasteiger charge is 2.16. The fourth-order valence-corrected chi connectivity index (χ4v) is 1.56. The normalized spacial score (nSPS) is 11.4. The molecule has 1 rings (SSSR count). The summed E-state index contributed by atoms with van der Waals surface area (Å²) < 4.78 is 10.2. The Morgan fingerprint density at radius 1 is 1.33 bits per heavy atom. The Morgan fingerprint density at radius 3 is 2.28 bits per heavy atom. The largest absolute Gasteiger partial charge is 0.497 e. The van der Waals surface area contributed by atoms with Crippen LogP contribution in [-0.2, 0) is 9.59 Å². The summed E-state index contributed by atoms with van der Waals surface area (Å²) in [6.07, 6.45) is 0.259. The van der Waals surface area contributed by atoms with E-state index in [0.717, 1.165) is 0 Å². The van der Waals surface area contributed by atoms with Crippen molar-refractivity contribution in [2.75, 3.05) is 14.2 Å². The molecule has 98 valence electrons. The Labute approximate surface area is 105 Å². The van der Waals surface area contributed by atoms with E-state index in [2.05, 4.69) is 5.32 Å². The standard InChI is InChI=1S/C12H15NO5/c1-17-9-3-8(4-10(5-9)18-2)11(13-7-14)6-12(15)16/h3-5,7,11H,6H2,1-2H3,(H,13,14)(H,15,16). The van der Waals surface area contributed by atoms with E-state index >= 15 is 0 Å². The van der Waals surface area contributed by atoms with Gasteiger partial charge in [-0.05, 0) is 17.7 Å². The minimum atomic E-state index is -1.00. The number of amides is 1. The van der Waals surface area contributed by atoms with Crippen molar-refractivity contribution in [3.05, 3.63) is 23.8 Å². The van der Waals surface area contributed by atoms with Crippen LogP contribution in [0.5, 0.6) is 11.5 Å². The van der Waals surface area contributed by atoms with Crippen LogP contribution in [0.25, 0.3) is 0 Å². The van der Waals surface area contributed by atoms with Crippen molar-refractivity contribution < 1.29 is 24.2 Å². The first-order chi connectivity index (χ1) is 8.60. The molecule has 6 heteroatoms. The van der Waals surface area contributed by atoms with E-state index in [1.54, 1.807) is 18.2 Å². The number of methoxy groups -OCH3 is 2. The van der Waals surface area contributed by atoms with Crippen LogP contribution in [0.3, 0.4) is 0 Å². The van der Waals surface area contributed by atoms with E-state index in [0.29, 0.717) is 23.5 Å². The maximum Gasteiger partial charge on any atom is 0.305 e. The van der Waals surface area contributed by atoms with Gasteiger partial charge in [0.25, 0.3) is 0 Å². The van der Waals surface area contributed by atoms with Gasteiger partial charge < -0.3 is 19.9 Å². The van der Waals surface area contributed by atoms with Crippen LogP contribution in [0.4, 0.5) is 0 Å². The minimum absolute atomic E-state index is 0.213. The highest BCUT2D eigenvalue weighted by Crippen LogP contribution is 2.27. The van der Waals surface area contributed by atoms with Crippen molar-refractivity contribution in [3.8, 4) is 11.5 Å². The quantitative estimate of drug-likeness (QED) is 0.707. The summed E-state index contributed by atoms with van der Waals surface area (Å²) in [4.78, 5) is 21.3. The Kier molecular flexibility index (Phi) is 4.98. The average molecular weight is 253 g/mol. The molecule has 0 spiro atoms. The SMILES string of the molecule is COc1cc(OC)cc(C(CC(=O)O)NC=O)c1. The topological polar surface area (TPSA) is 84.9 Å². The molecular weight excluding hydrogens is 238 g/mol. The predicted octanol–water partition coefficient (Wildman–Crippen LogP) is 0.966. The van der Waals surface area contributed by atoms with Crippen molar-refractivity contribution in [2.24, 2.45) is 0 Å². The number of ether oxygens (including phenoxy) is 2. The van der Waals surface area contributed by atoms with Gasteiger partial charge in [0.1, 0.15) is 11.5 Å². The zero-order chi connectivity index (χ0) is 13.5. The monoisotopic (exact) mass is 253 g/mol. The summed E-state index contributed by atoms with van der Waals surface area (Å²) in [5.74, 6) is 0.0658. The number of carboxylic acids is 1. The van der Waals surface area contributed by atoms with Gasteiger partial charge in [0.15, 0.2) is 0 Å². The third kappa shape index (κ3) is 3.65. The average Bonchev–Trinajstić information content (AvgIpc) is 2.37. The zero-order valence-corrected chi connectivity index (χ0v) is 10.2. The molecular formula is C12H15NO5. The van der Waals surface area contributed by atoms with Crippen LogP contribution in [-0.4, -0.2) is 31.7 Å². The number of hydrogen-bond acceptors (Lipinski definition) is 4. The smallest absolute Gasteiger partial charge is 0.305 e. The summed E-state index contributed by atoms with van der Waals surface area (Å²) in [7, 11) is 3.00. The number of carboxylic acid groups (broad SMARTS) is 1. The maximum atomic E-state index is 10.7. The molecule has 0 saturated heterocycles. The number of aliphatic carboxylic acids is 1. The van der Waals surface area contributed by atoms with Gasteiger partial charge in [-0.2, -0.15) is 0 Å². The van der Waals surface area contributed by atoms with Crippen molar-refractivity contribution >= 4 is 12.4 Å². The van der Waals surface area contributed by atoms with E-state index in [9.17, 15) is 9.59 Å². The number of rotatable bonds is 7. The highest BCUT2D eigenvalue weighted by atomic mass is 16.5. The molecule has 0 aliphatic heterocycles. The van der Waals surface area contributed by atoms with Gasteiger partial charge in [0.2, 0.25) is 6.41 Å². The maximum absolute atomic E-state index is 10.7. The lowest BCUT2D eigenvalue weighted by Gasteiger charge is -2.16. The van der Waals surface area contributed by atoms with Crippen molar-refractivity contribution in [3.63, 3.8) is 0 Å². The molecule has 0 radical (unpaired) electrons. The van der Waals surface area contributed by atoms with E-state index in [-0.39, 0.29) is 6.42 Å². The van der Waals surface area contributed by atoms with Crippen LogP contribution in [0.2, 0.25) is 0 Å². The Hall–Kier alpha value is -2.24. The number of nitrogens with one attached hydrogen (secondary N) is 1. The molecule has 0 saturated carbocycles. The fourth-order valence-electron chi connectivity index (χ4n) is 1.56. The molecule has 6 nitrogen and oxygen atoms in total. The van der Waals surface area contributed by atoms with Gasteiger partial charge in [0.05, 0.1) is 26.7 Å². The second kappa shape index (κ2) is 6.48. The second-order valence-corrected chi connectivity index (χ2v) is 3.58. The third-order valence-corrected chi connectivity index (χ3v) is 2.42. The van der Waals surface area contributed by atoms with Crippen LogP contribution >= 0.6 is 0 Å². The van der Waals surface area contributed by atoms with Gasteiger partial charge in [-0.1, -0.05) is 0 Å². The summed E-state index contributed by atoms with van der Waals surface area (Å²) in [6.45, 7) is 0. The lowest BCUT2D eigenvalue weighted by atomic mass is 10.0. The molecule has 1 aromatic carbocycles. The molecule has 2 N–H and O–H groups in total. The van der Waals surface area contributed by atoms with Crippen molar-refractivity contribution in [2.45, 2.75) is 12.5 Å². The molecule has 0 aromatic heterocycles. The zero-order valence-electron chi connectivity index (χ0n) is 10.2. The molecule has 0 aliphatic rings. The van der Waals surface area contributed by atoms with Crippen LogP contribution in [0.1, 0.15) is 18.0 Å². The number of benzene rings is 1. The van der Waals surface area contributed by atoms with Gasteiger partial charge >= 0.3 is 5.97 Å². The number of carbonyl (C=O) groups is 2. The first-order valence-electron chi connectivity index (χ1n) is 5.25. The van der Waals surface area contributed by atoms with Crippen LogP contribution < -0.4 is 14.8 Å². The molecule has 0 heterocycles. The summed E-state index contributed by atoms with van der Waals surface area (Å²) in [5, 5.41) is 11.3. The van der Waals surface area contributed by atoms with Gasteiger partial charge in [-0.3, -0.25) is 9.59 Å². The Morgan fingerprint density at radius 2 is 1.89 bits per heavy atom. The fraction of sp³-hybridized carbons (Fsp3) is 0.333. The van der Waals surface area contributed by atoms with Crippen molar-refractivity contribution in [1.29, 1.82) is 0 Å². The lowest BCUT2D eigenvalue weighted by molar-refractivity contribution is -0.137.